The van der Waals surface area contributed by atoms with Crippen LogP contribution in [0.4, 0.5) is 0 Å². The molecule has 3 nitrogen and oxygen atoms in total. The van der Waals surface area contributed by atoms with Gasteiger partial charge >= 0.3 is 0 Å². The first-order valence-corrected chi connectivity index (χ1v) is 10.5. The van der Waals surface area contributed by atoms with Gasteiger partial charge in [-0.05, 0) is 62.4 Å². The van der Waals surface area contributed by atoms with Gasteiger partial charge in [0.2, 0.25) is 5.91 Å². The zero-order chi connectivity index (χ0) is 18.1. The molecular weight excluding hydrogens is 296 g/mol. The Balaban J connectivity index is 0.00000139. The first-order valence-electron chi connectivity index (χ1n) is 10.5. The van der Waals surface area contributed by atoms with Crippen LogP contribution < -0.4 is 0 Å². The molecule has 2 rings (SSSR count). The fourth-order valence-electron chi connectivity index (χ4n) is 4.04. The first-order chi connectivity index (χ1) is 11.5. The minimum atomic E-state index is 0.391. The number of hydrogen-bond acceptors (Lipinski definition) is 2. The molecule has 1 atom stereocenters. The van der Waals surface area contributed by atoms with Crippen LogP contribution in [0.25, 0.3) is 0 Å². The third kappa shape index (κ3) is 6.74. The van der Waals surface area contributed by atoms with Gasteiger partial charge in [-0.2, -0.15) is 0 Å². The molecular formula is C21H42N2O. The van der Waals surface area contributed by atoms with Gasteiger partial charge in [-0.15, -0.1) is 0 Å². The van der Waals surface area contributed by atoms with Crippen LogP contribution in [0, 0.1) is 23.7 Å². The largest absolute Gasteiger partial charge is 0.343 e. The molecule has 142 valence electrons. The van der Waals surface area contributed by atoms with E-state index in [1.54, 1.807) is 0 Å². The molecule has 2 fully saturated rings. The number of rotatable bonds is 6. The van der Waals surface area contributed by atoms with Crippen molar-refractivity contribution in [2.45, 2.75) is 73.6 Å². The van der Waals surface area contributed by atoms with Crippen LogP contribution in [0.3, 0.4) is 0 Å². The summed E-state index contributed by atoms with van der Waals surface area (Å²) >= 11 is 0. The number of piperidine rings is 1. The normalized spacial score (nSPS) is 22.8. The van der Waals surface area contributed by atoms with Crippen LogP contribution in [-0.2, 0) is 4.79 Å². The van der Waals surface area contributed by atoms with Gasteiger partial charge in [-0.25, -0.2) is 0 Å². The van der Waals surface area contributed by atoms with Gasteiger partial charge in [-0.1, -0.05) is 41.5 Å². The highest BCUT2D eigenvalue weighted by atomic mass is 16.2. The molecule has 1 amide bonds. The second-order valence-electron chi connectivity index (χ2n) is 8.16. The molecule has 0 N–H and O–H groups in total. The van der Waals surface area contributed by atoms with Crippen molar-refractivity contribution in [3.63, 3.8) is 0 Å². The van der Waals surface area contributed by atoms with Crippen molar-refractivity contribution in [2.75, 3.05) is 32.7 Å². The van der Waals surface area contributed by atoms with E-state index >= 15 is 0 Å². The van der Waals surface area contributed by atoms with Gasteiger partial charge in [0, 0.05) is 26.1 Å². The molecule has 1 unspecified atom stereocenters. The molecule has 3 heteroatoms. The zero-order valence-electron chi connectivity index (χ0n) is 17.2. The molecule has 0 aliphatic carbocycles. The standard InChI is InChI=1S/C19H36N2O.C2H6/c1-15(2)17-8-12-21(13-9-17)19(22)6-5-10-20-11-7-18(14-20)16(3)4;1-2/h15-18H,5-14H2,1-4H3;1-2H3. The van der Waals surface area contributed by atoms with Crippen molar-refractivity contribution in [3.05, 3.63) is 0 Å². The van der Waals surface area contributed by atoms with Gasteiger partial charge in [0.25, 0.3) is 0 Å². The molecule has 2 saturated heterocycles. The van der Waals surface area contributed by atoms with Crippen molar-refractivity contribution >= 4 is 5.91 Å². The molecule has 2 aliphatic rings. The fourth-order valence-corrected chi connectivity index (χ4v) is 4.04. The Morgan fingerprint density at radius 3 is 1.96 bits per heavy atom. The molecule has 0 aromatic rings. The maximum Gasteiger partial charge on any atom is 0.222 e. The predicted octanol–water partition coefficient (Wildman–Crippen LogP) is 4.67. The lowest BCUT2D eigenvalue weighted by atomic mass is 9.86. The second-order valence-corrected chi connectivity index (χ2v) is 8.16. The van der Waals surface area contributed by atoms with Gasteiger partial charge in [0.15, 0.2) is 0 Å². The number of nitrogens with zero attached hydrogens (tertiary/aromatic N) is 2. The minimum absolute atomic E-state index is 0.391. The van der Waals surface area contributed by atoms with E-state index in [0.29, 0.717) is 5.91 Å². The molecule has 2 aliphatic heterocycles. The third-order valence-electron chi connectivity index (χ3n) is 5.95. The van der Waals surface area contributed by atoms with E-state index in [1.807, 2.05) is 13.8 Å². The molecule has 24 heavy (non-hydrogen) atoms. The highest BCUT2D eigenvalue weighted by molar-refractivity contribution is 5.76. The second kappa shape index (κ2) is 11.1. The number of amides is 1. The average molecular weight is 339 g/mol. The lowest BCUT2D eigenvalue weighted by molar-refractivity contribution is -0.132. The molecule has 0 aromatic heterocycles. The summed E-state index contributed by atoms with van der Waals surface area (Å²) in [6.07, 6.45) is 5.52. The summed E-state index contributed by atoms with van der Waals surface area (Å²) in [6, 6.07) is 0. The zero-order valence-corrected chi connectivity index (χ0v) is 17.2. The van der Waals surface area contributed by atoms with E-state index in [-0.39, 0.29) is 0 Å². The van der Waals surface area contributed by atoms with Crippen LogP contribution in [0.5, 0.6) is 0 Å². The topological polar surface area (TPSA) is 23.6 Å². The lowest BCUT2D eigenvalue weighted by Gasteiger charge is -2.34. The third-order valence-corrected chi connectivity index (χ3v) is 5.95. The van der Waals surface area contributed by atoms with Crippen LogP contribution in [0.1, 0.15) is 73.6 Å². The van der Waals surface area contributed by atoms with Gasteiger partial charge in [0.05, 0.1) is 0 Å². The first kappa shape index (κ1) is 21.5. The molecule has 0 radical (unpaired) electrons. The Hall–Kier alpha value is -0.570. The molecule has 2 heterocycles. The lowest BCUT2D eigenvalue weighted by Crippen LogP contribution is -2.39. The molecule has 0 spiro atoms. The molecule has 0 bridgehead atoms. The number of hydrogen-bond donors (Lipinski definition) is 0. The summed E-state index contributed by atoms with van der Waals surface area (Å²) in [7, 11) is 0. The van der Waals surface area contributed by atoms with Crippen molar-refractivity contribution in [1.82, 2.24) is 9.80 Å². The van der Waals surface area contributed by atoms with E-state index < -0.39 is 0 Å². The summed E-state index contributed by atoms with van der Waals surface area (Å²) in [5.41, 5.74) is 0. The van der Waals surface area contributed by atoms with E-state index in [9.17, 15) is 4.79 Å². The van der Waals surface area contributed by atoms with E-state index in [0.717, 1.165) is 56.1 Å². The maximum absolute atomic E-state index is 12.3. The Kier molecular flexibility index (Phi) is 9.95. The van der Waals surface area contributed by atoms with Gasteiger partial charge < -0.3 is 9.80 Å². The number of carbonyl (C=O) groups is 1. The SMILES string of the molecule is CC.CC(C)C1CCN(C(=O)CCCN2CCC(C(C)C)C2)CC1. The average Bonchev–Trinajstić information content (AvgIpc) is 3.06. The summed E-state index contributed by atoms with van der Waals surface area (Å²) in [6.45, 7) is 18.8. The maximum atomic E-state index is 12.3. The van der Waals surface area contributed by atoms with Crippen molar-refractivity contribution in [3.8, 4) is 0 Å². The minimum Gasteiger partial charge on any atom is -0.343 e. The smallest absolute Gasteiger partial charge is 0.222 e. The van der Waals surface area contributed by atoms with Gasteiger partial charge in [0.1, 0.15) is 0 Å². The highest BCUT2D eigenvalue weighted by Crippen LogP contribution is 2.25. The van der Waals surface area contributed by atoms with Crippen molar-refractivity contribution < 1.29 is 4.79 Å². The van der Waals surface area contributed by atoms with Crippen LogP contribution in [0.2, 0.25) is 0 Å². The molecule has 0 saturated carbocycles. The monoisotopic (exact) mass is 338 g/mol. The quantitative estimate of drug-likeness (QED) is 0.703. The molecule has 0 aromatic carbocycles. The van der Waals surface area contributed by atoms with Gasteiger partial charge in [-0.3, -0.25) is 4.79 Å². The Labute approximate surface area is 151 Å². The number of carbonyl (C=O) groups excluding carboxylic acids is 1. The summed E-state index contributed by atoms with van der Waals surface area (Å²) < 4.78 is 0. The van der Waals surface area contributed by atoms with Crippen molar-refractivity contribution in [2.24, 2.45) is 23.7 Å². The summed E-state index contributed by atoms with van der Waals surface area (Å²) in [4.78, 5) is 17.0. The Morgan fingerprint density at radius 1 is 0.917 bits per heavy atom. The van der Waals surface area contributed by atoms with Crippen molar-refractivity contribution in [1.29, 1.82) is 0 Å². The Morgan fingerprint density at radius 2 is 1.46 bits per heavy atom. The van der Waals surface area contributed by atoms with E-state index in [1.165, 1.54) is 32.4 Å². The summed E-state index contributed by atoms with van der Waals surface area (Å²) in [5.74, 6) is 3.64. The fraction of sp³-hybridized carbons (Fsp3) is 0.952. The van der Waals surface area contributed by atoms with E-state index in [2.05, 4.69) is 37.5 Å². The Bertz CT molecular complexity index is 346. The van der Waals surface area contributed by atoms with Crippen LogP contribution in [0.15, 0.2) is 0 Å². The highest BCUT2D eigenvalue weighted by Gasteiger charge is 2.26. The van der Waals surface area contributed by atoms with E-state index in [4.69, 9.17) is 0 Å². The number of likely N-dealkylation sites (tertiary alicyclic amines) is 2. The van der Waals surface area contributed by atoms with Crippen LogP contribution >= 0.6 is 0 Å². The predicted molar refractivity (Wildman–Crippen MR) is 104 cm³/mol. The van der Waals surface area contributed by atoms with Crippen LogP contribution in [-0.4, -0.2) is 48.4 Å². The summed E-state index contributed by atoms with van der Waals surface area (Å²) in [5, 5.41) is 0.